The Bertz CT molecular complexity index is 1710. The lowest BCUT2D eigenvalue weighted by atomic mass is 9.86. The lowest BCUT2D eigenvalue weighted by Gasteiger charge is -2.33. The number of H-pyrrole nitrogens is 1. The number of nitrogens with one attached hydrogen (secondary N) is 2. The van der Waals surface area contributed by atoms with Crippen LogP contribution in [0.4, 0.5) is 0 Å². The van der Waals surface area contributed by atoms with Crippen molar-refractivity contribution < 1.29 is 24.9 Å². The van der Waals surface area contributed by atoms with Crippen molar-refractivity contribution in [1.29, 1.82) is 0 Å². The number of fused-ring (bicyclic) bond motifs is 1. The van der Waals surface area contributed by atoms with Crippen LogP contribution in [0.5, 0.6) is 5.75 Å². The molecule has 0 aliphatic carbocycles. The van der Waals surface area contributed by atoms with Gasteiger partial charge in [-0.25, -0.2) is 4.79 Å². The first kappa shape index (κ1) is 37.5. The second-order valence-electron chi connectivity index (χ2n) is 13.4. The summed E-state index contributed by atoms with van der Waals surface area (Å²) in [6.07, 6.45) is 9.44. The number of esters is 1. The van der Waals surface area contributed by atoms with Crippen LogP contribution in [0.2, 0.25) is 5.02 Å². The summed E-state index contributed by atoms with van der Waals surface area (Å²) in [7, 11) is 0. The van der Waals surface area contributed by atoms with Crippen LogP contribution in [0.15, 0.2) is 83.7 Å². The number of carbonyl (C=O) groups is 1. The Balaban J connectivity index is 0.905. The summed E-state index contributed by atoms with van der Waals surface area (Å²) >= 11 is 6.06. The van der Waals surface area contributed by atoms with Crippen LogP contribution >= 0.6 is 11.6 Å². The minimum Gasteiger partial charge on any atom is -0.506 e. The summed E-state index contributed by atoms with van der Waals surface area (Å²) in [4.78, 5) is 30.1. The molecule has 3 aromatic carbocycles. The SMILES string of the molecule is O=C(OCC1CCN(CCCCCCCCCNCC(O)c2ccc(O)c3[nH]c(=O)ccc23)CC1)C(O)(c1ccccc1)c1ccc(Cl)cc1. The van der Waals surface area contributed by atoms with E-state index in [0.717, 1.165) is 51.9 Å². The molecule has 2 heterocycles. The second kappa shape index (κ2) is 18.5. The number of aromatic hydroxyl groups is 1. The number of likely N-dealkylation sites (tertiary alicyclic amines) is 1. The molecule has 2 atom stereocenters. The van der Waals surface area contributed by atoms with E-state index >= 15 is 0 Å². The highest BCUT2D eigenvalue weighted by Crippen LogP contribution is 2.33. The number of hydrogen-bond acceptors (Lipinski definition) is 8. The number of aromatic nitrogens is 1. The van der Waals surface area contributed by atoms with Crippen LogP contribution in [0.1, 0.15) is 80.6 Å². The third kappa shape index (κ3) is 9.95. The maximum absolute atomic E-state index is 13.4. The molecular formula is C40H50ClN3O6. The molecule has 1 aliphatic heterocycles. The third-order valence-corrected chi connectivity index (χ3v) is 10.1. The quantitative estimate of drug-likeness (QED) is 0.0591. The number of pyridine rings is 1. The number of halogens is 1. The summed E-state index contributed by atoms with van der Waals surface area (Å²) in [6, 6.07) is 21.8. The number of hydrogen-bond donors (Lipinski definition) is 5. The number of aromatic amines is 1. The number of aliphatic hydroxyl groups is 2. The summed E-state index contributed by atoms with van der Waals surface area (Å²) in [5.74, 6) is -0.397. The highest BCUT2D eigenvalue weighted by molar-refractivity contribution is 6.30. The summed E-state index contributed by atoms with van der Waals surface area (Å²) in [5.41, 5.74) is -0.272. The molecule has 4 aromatic rings. The number of piperidine rings is 1. The van der Waals surface area contributed by atoms with E-state index in [2.05, 4.69) is 15.2 Å². The highest BCUT2D eigenvalue weighted by Gasteiger charge is 2.42. The Morgan fingerprint density at radius 1 is 0.900 bits per heavy atom. The topological polar surface area (TPSA) is 135 Å². The molecule has 50 heavy (non-hydrogen) atoms. The van der Waals surface area contributed by atoms with Crippen molar-refractivity contribution in [3.8, 4) is 5.75 Å². The van der Waals surface area contributed by atoms with Crippen molar-refractivity contribution in [3.63, 3.8) is 0 Å². The molecule has 1 saturated heterocycles. The number of aliphatic hydroxyl groups excluding tert-OH is 1. The maximum atomic E-state index is 13.4. The van der Waals surface area contributed by atoms with Crippen molar-refractivity contribution in [2.75, 3.05) is 39.3 Å². The van der Waals surface area contributed by atoms with E-state index in [-0.39, 0.29) is 17.2 Å². The van der Waals surface area contributed by atoms with Gasteiger partial charge in [0.1, 0.15) is 5.75 Å². The Morgan fingerprint density at radius 2 is 1.56 bits per heavy atom. The Kier molecular flexibility index (Phi) is 13.9. The minimum atomic E-state index is -1.90. The van der Waals surface area contributed by atoms with Gasteiger partial charge in [-0.15, -0.1) is 0 Å². The van der Waals surface area contributed by atoms with Gasteiger partial charge in [-0.05, 0) is 98.7 Å². The van der Waals surface area contributed by atoms with Gasteiger partial charge < -0.3 is 35.3 Å². The molecule has 0 radical (unpaired) electrons. The molecular weight excluding hydrogens is 654 g/mol. The van der Waals surface area contributed by atoms with E-state index < -0.39 is 17.7 Å². The van der Waals surface area contributed by atoms with E-state index in [9.17, 15) is 24.9 Å². The van der Waals surface area contributed by atoms with Gasteiger partial charge in [-0.1, -0.05) is 92.2 Å². The number of ether oxygens (including phenoxy) is 1. The summed E-state index contributed by atoms with van der Waals surface area (Å²) < 4.78 is 5.76. The van der Waals surface area contributed by atoms with Gasteiger partial charge in [-0.3, -0.25) is 4.79 Å². The predicted molar refractivity (Wildman–Crippen MR) is 197 cm³/mol. The van der Waals surface area contributed by atoms with E-state index in [1.54, 1.807) is 60.7 Å². The number of phenolic OH excluding ortho intramolecular Hbond substituents is 1. The van der Waals surface area contributed by atoms with Gasteiger partial charge in [0.25, 0.3) is 0 Å². The van der Waals surface area contributed by atoms with Crippen molar-refractivity contribution in [3.05, 3.63) is 111 Å². The number of rotatable bonds is 18. The summed E-state index contributed by atoms with van der Waals surface area (Å²) in [5, 5.41) is 36.9. The van der Waals surface area contributed by atoms with E-state index in [4.69, 9.17) is 16.3 Å². The Hall–Kier alpha value is -3.73. The average molecular weight is 704 g/mol. The molecule has 1 fully saturated rings. The van der Waals surface area contributed by atoms with Crippen molar-refractivity contribution in [1.82, 2.24) is 15.2 Å². The molecule has 5 rings (SSSR count). The zero-order chi connectivity index (χ0) is 35.3. The molecule has 0 bridgehead atoms. The molecule has 1 aromatic heterocycles. The molecule has 0 spiro atoms. The van der Waals surface area contributed by atoms with E-state index in [1.165, 1.54) is 44.2 Å². The average Bonchev–Trinajstić information content (AvgIpc) is 3.14. The van der Waals surface area contributed by atoms with E-state index in [1.807, 2.05) is 6.07 Å². The van der Waals surface area contributed by atoms with E-state index in [0.29, 0.717) is 45.8 Å². The van der Waals surface area contributed by atoms with Gasteiger partial charge in [0.05, 0.1) is 18.2 Å². The molecule has 5 N–H and O–H groups in total. The van der Waals surface area contributed by atoms with Crippen molar-refractivity contribution in [2.45, 2.75) is 69.5 Å². The van der Waals surface area contributed by atoms with Gasteiger partial charge in [0.2, 0.25) is 11.2 Å². The first-order valence-corrected chi connectivity index (χ1v) is 18.3. The standard InChI is InChI=1S/C40H50ClN3O6/c41-32-15-13-31(14-16-32)40(49,30-11-7-6-8-12-30)39(48)50-28-29-21-25-44(26-22-29)24-10-5-3-1-2-4-9-23-42-27-36(46)33-17-19-35(45)38-34(33)18-20-37(47)43-38/h6-8,11-20,29,36,42,45-46,49H,1-5,9-10,21-28H2,(H,43,47). The van der Waals surface area contributed by atoms with Crippen molar-refractivity contribution >= 4 is 28.5 Å². The lowest BCUT2D eigenvalue weighted by Crippen LogP contribution is -2.40. The van der Waals surface area contributed by atoms with Gasteiger partial charge in [0, 0.05) is 23.0 Å². The van der Waals surface area contributed by atoms with Gasteiger partial charge in [-0.2, -0.15) is 0 Å². The number of benzene rings is 3. The monoisotopic (exact) mass is 703 g/mol. The lowest BCUT2D eigenvalue weighted by molar-refractivity contribution is -0.164. The number of unbranched alkanes of at least 4 members (excludes halogenated alkanes) is 6. The molecule has 10 heteroatoms. The van der Waals surface area contributed by atoms with Crippen LogP contribution in [0, 0.1) is 5.92 Å². The first-order chi connectivity index (χ1) is 24.3. The Labute approximate surface area is 299 Å². The molecule has 0 amide bonds. The third-order valence-electron chi connectivity index (χ3n) is 9.84. The van der Waals surface area contributed by atoms with Crippen LogP contribution in [0.25, 0.3) is 10.9 Å². The minimum absolute atomic E-state index is 0.00883. The smallest absolute Gasteiger partial charge is 0.347 e. The van der Waals surface area contributed by atoms with Crippen LogP contribution in [-0.4, -0.2) is 70.5 Å². The number of nitrogens with zero attached hydrogens (tertiary/aromatic N) is 1. The maximum Gasteiger partial charge on any atom is 0.347 e. The molecule has 9 nitrogen and oxygen atoms in total. The van der Waals surface area contributed by atoms with Gasteiger partial charge >= 0.3 is 5.97 Å². The number of carbonyl (C=O) groups excluding carboxylic acids is 1. The predicted octanol–water partition coefficient (Wildman–Crippen LogP) is 6.43. The molecule has 2 unspecified atom stereocenters. The normalized spacial score (nSPS) is 15.9. The second-order valence-corrected chi connectivity index (χ2v) is 13.9. The fraction of sp³-hybridized carbons (Fsp3) is 0.450. The summed E-state index contributed by atoms with van der Waals surface area (Å²) in [6.45, 7) is 4.61. The fourth-order valence-electron chi connectivity index (χ4n) is 6.82. The molecule has 268 valence electrons. The number of phenols is 1. The van der Waals surface area contributed by atoms with Crippen LogP contribution < -0.4 is 10.9 Å². The first-order valence-electron chi connectivity index (χ1n) is 17.9. The largest absolute Gasteiger partial charge is 0.506 e. The fourth-order valence-corrected chi connectivity index (χ4v) is 6.94. The highest BCUT2D eigenvalue weighted by atomic mass is 35.5. The molecule has 1 aliphatic rings. The zero-order valence-electron chi connectivity index (χ0n) is 28.7. The van der Waals surface area contributed by atoms with Crippen molar-refractivity contribution in [2.24, 2.45) is 5.92 Å². The Morgan fingerprint density at radius 3 is 2.28 bits per heavy atom. The van der Waals surface area contributed by atoms with Crippen LogP contribution in [-0.2, 0) is 15.1 Å². The van der Waals surface area contributed by atoms with Gasteiger partial charge in [0.15, 0.2) is 0 Å². The zero-order valence-corrected chi connectivity index (χ0v) is 29.4. The molecule has 0 saturated carbocycles. The van der Waals surface area contributed by atoms with Crippen LogP contribution in [0.3, 0.4) is 0 Å².